The van der Waals surface area contributed by atoms with Crippen molar-refractivity contribution in [2.75, 3.05) is 12.9 Å². The minimum absolute atomic E-state index is 0.0200. The molecule has 11 nitrogen and oxygen atoms in total. The zero-order valence-electron chi connectivity index (χ0n) is 25.9. The summed E-state index contributed by atoms with van der Waals surface area (Å²) in [7, 11) is -5.41. The van der Waals surface area contributed by atoms with Gasteiger partial charge in [-0.25, -0.2) is 9.00 Å². The number of carbonyl (C=O) groups is 3. The number of aliphatic hydroxyl groups is 1. The molecule has 5 fully saturated rings. The second-order valence-corrected chi connectivity index (χ2v) is 17.3. The van der Waals surface area contributed by atoms with Gasteiger partial charge in [0, 0.05) is 19.8 Å². The van der Waals surface area contributed by atoms with Gasteiger partial charge in [0.15, 0.2) is 9.91 Å². The largest absolute Gasteiger partial charge is 0.461 e. The molecule has 0 aromatic rings. The fourth-order valence-corrected chi connectivity index (χ4v) is 11.3. The molecular formula is C31H46O11S. The van der Waals surface area contributed by atoms with Crippen molar-refractivity contribution in [3.63, 3.8) is 0 Å². The molecule has 6 unspecified atom stereocenters. The van der Waals surface area contributed by atoms with Crippen LogP contribution in [-0.2, 0) is 42.7 Å². The Morgan fingerprint density at radius 1 is 1.14 bits per heavy atom. The number of fused-ring (bicyclic) bond motifs is 4. The van der Waals surface area contributed by atoms with Gasteiger partial charge in [0.2, 0.25) is 0 Å². The van der Waals surface area contributed by atoms with Gasteiger partial charge in [-0.15, -0.1) is 0 Å². The molecular weight excluding hydrogens is 580 g/mol. The van der Waals surface area contributed by atoms with E-state index in [1.54, 1.807) is 0 Å². The summed E-state index contributed by atoms with van der Waals surface area (Å²) in [5.74, 6) is -0.0766. The number of epoxide rings is 1. The van der Waals surface area contributed by atoms with E-state index < -0.39 is 45.1 Å². The van der Waals surface area contributed by atoms with Crippen LogP contribution in [0.1, 0.15) is 79.6 Å². The summed E-state index contributed by atoms with van der Waals surface area (Å²) < 4.78 is 54.1. The van der Waals surface area contributed by atoms with Crippen molar-refractivity contribution >= 4 is 27.6 Å². The van der Waals surface area contributed by atoms with Gasteiger partial charge < -0.3 is 19.3 Å². The number of carbonyl (C=O) groups excluding carboxylic acids is 3. The number of Topliss-reactive ketones (excluding diaryl/α,β-unsaturated/α-hetero) is 1. The van der Waals surface area contributed by atoms with Crippen LogP contribution in [0.15, 0.2) is 11.1 Å². The Bertz CT molecular complexity index is 1340. The van der Waals surface area contributed by atoms with Crippen LogP contribution in [0.5, 0.6) is 0 Å². The second kappa shape index (κ2) is 9.65. The quantitative estimate of drug-likeness (QED) is 0.292. The predicted octanol–water partition coefficient (Wildman–Crippen LogP) is 3.45. The van der Waals surface area contributed by atoms with Crippen LogP contribution < -0.4 is 0 Å². The lowest BCUT2D eigenvalue weighted by Crippen LogP contribution is -2.68. The Labute approximate surface area is 252 Å². The Balaban J connectivity index is 1.21. The summed E-state index contributed by atoms with van der Waals surface area (Å²) >= 11 is 0. The number of ether oxygens (including phenoxy) is 3. The van der Waals surface area contributed by atoms with Crippen LogP contribution >= 0.6 is 0 Å². The molecule has 0 aromatic heterocycles. The van der Waals surface area contributed by atoms with Crippen LogP contribution in [0.3, 0.4) is 0 Å². The minimum Gasteiger partial charge on any atom is -0.461 e. The summed E-state index contributed by atoms with van der Waals surface area (Å²) in [6.07, 6.45) is 2.01. The fraction of sp³-hybridized carbons (Fsp3) is 0.839. The molecule has 6 aliphatic rings. The zero-order valence-corrected chi connectivity index (χ0v) is 26.7. The zero-order chi connectivity index (χ0) is 31.5. The van der Waals surface area contributed by atoms with E-state index in [-0.39, 0.29) is 54.2 Å². The Morgan fingerprint density at radius 2 is 1.84 bits per heavy atom. The van der Waals surface area contributed by atoms with Crippen molar-refractivity contribution in [1.82, 2.24) is 0 Å². The van der Waals surface area contributed by atoms with Crippen molar-refractivity contribution in [2.45, 2.75) is 110 Å². The lowest BCUT2D eigenvalue weighted by atomic mass is 9.43. The third-order valence-corrected chi connectivity index (χ3v) is 13.3. The van der Waals surface area contributed by atoms with Gasteiger partial charge in [-0.2, -0.15) is 0 Å². The third kappa shape index (κ3) is 4.69. The molecule has 0 aromatic carbocycles. The standard InChI is InChI=1S/C31H46O11S/c1-15-11-23(40-28(35)19(15)14-39-17(3)32)16(2)20-7-8-21-18-12-26-31(41-26)27(34)24(42-43(6,36,37)38)13-25(33)30(31,5)22(18)9-10-29(20,21)4/h16,18,20-24,26-27,34H,7-14H2,1-6H3,(H2,36,37,38)/t16-,18?,20?,21?,22?,23?,24-,26+,27-,29+,30-,31?/m0/s1. The van der Waals surface area contributed by atoms with Gasteiger partial charge in [-0.05, 0) is 81.0 Å². The monoisotopic (exact) mass is 626 g/mol. The molecule has 1 saturated heterocycles. The van der Waals surface area contributed by atoms with E-state index in [0.717, 1.165) is 31.3 Å². The van der Waals surface area contributed by atoms with E-state index in [4.69, 9.17) is 18.4 Å². The normalized spacial score (nSPS) is 47.2. The third-order valence-electron chi connectivity index (χ3n) is 12.6. The number of hydrogen-bond acceptors (Lipinski definition) is 9. The number of aliphatic hydroxyl groups excluding tert-OH is 1. The summed E-state index contributed by atoms with van der Waals surface area (Å²) in [5, 5.41) is 11.4. The molecule has 1 spiro atoms. The van der Waals surface area contributed by atoms with Crippen LogP contribution in [-0.4, -0.2) is 79.0 Å². The lowest BCUT2D eigenvalue weighted by molar-refractivity contribution is -0.179. The van der Waals surface area contributed by atoms with Crippen molar-refractivity contribution in [3.8, 4) is 0 Å². The Morgan fingerprint density at radius 3 is 2.47 bits per heavy atom. The Kier molecular flexibility index (Phi) is 7.02. The van der Waals surface area contributed by atoms with E-state index in [9.17, 15) is 32.8 Å². The lowest BCUT2D eigenvalue weighted by Gasteiger charge is -2.59. The van der Waals surface area contributed by atoms with Crippen LogP contribution in [0.4, 0.5) is 0 Å². The Hall–Kier alpha value is -1.70. The van der Waals surface area contributed by atoms with Gasteiger partial charge in [-0.3, -0.25) is 22.9 Å². The molecule has 242 valence electrons. The number of hydrogen-bond donors (Lipinski definition) is 3. The molecule has 12 heteroatoms. The minimum atomic E-state index is -5.41. The first-order valence-electron chi connectivity index (χ1n) is 15.5. The van der Waals surface area contributed by atoms with E-state index in [2.05, 4.69) is 13.8 Å². The van der Waals surface area contributed by atoms with Crippen LogP contribution in [0.25, 0.3) is 0 Å². The van der Waals surface area contributed by atoms with Gasteiger partial charge in [0.05, 0.1) is 23.3 Å². The van der Waals surface area contributed by atoms with E-state index in [1.165, 1.54) is 6.92 Å². The first-order chi connectivity index (χ1) is 19.8. The maximum atomic E-state index is 13.9. The highest BCUT2D eigenvalue weighted by molar-refractivity contribution is 8.05. The number of ketones is 1. The van der Waals surface area contributed by atoms with Gasteiger partial charge in [0.1, 0.15) is 36.3 Å². The highest BCUT2D eigenvalue weighted by atomic mass is 32.3. The topological polar surface area (TPSA) is 169 Å². The smallest absolute Gasteiger partial charge is 0.337 e. The van der Waals surface area contributed by atoms with Gasteiger partial charge >= 0.3 is 11.9 Å². The summed E-state index contributed by atoms with van der Waals surface area (Å²) in [6, 6.07) is 0. The highest BCUT2D eigenvalue weighted by Crippen LogP contribution is 2.74. The van der Waals surface area contributed by atoms with Crippen LogP contribution in [0, 0.1) is 40.4 Å². The average molecular weight is 627 g/mol. The van der Waals surface area contributed by atoms with Crippen molar-refractivity contribution < 1.29 is 51.2 Å². The first kappa shape index (κ1) is 31.3. The summed E-state index contributed by atoms with van der Waals surface area (Å²) in [5.41, 5.74) is -0.878. The molecule has 0 radical (unpaired) electrons. The number of rotatable bonds is 6. The molecule has 43 heavy (non-hydrogen) atoms. The molecule has 0 amide bonds. The van der Waals surface area contributed by atoms with Crippen LogP contribution in [0.2, 0.25) is 0 Å². The van der Waals surface area contributed by atoms with Gasteiger partial charge in [-0.1, -0.05) is 19.4 Å². The summed E-state index contributed by atoms with van der Waals surface area (Å²) in [6.45, 7) is 9.56. The molecule has 2 aliphatic heterocycles. The molecule has 3 N–H and O–H groups in total. The van der Waals surface area contributed by atoms with Crippen molar-refractivity contribution in [2.24, 2.45) is 40.4 Å². The first-order valence-corrected chi connectivity index (χ1v) is 17.8. The molecule has 6 rings (SSSR count). The fourth-order valence-electron chi connectivity index (χ4n) is 10.6. The molecule has 0 bridgehead atoms. The van der Waals surface area contributed by atoms with E-state index in [0.29, 0.717) is 36.5 Å². The maximum Gasteiger partial charge on any atom is 0.337 e. The number of cyclic esters (lactones) is 1. The molecule has 12 atom stereocenters. The summed E-state index contributed by atoms with van der Waals surface area (Å²) in [4.78, 5) is 38.1. The van der Waals surface area contributed by atoms with Gasteiger partial charge in [0.25, 0.3) is 0 Å². The number of esters is 2. The molecule has 4 aliphatic carbocycles. The SMILES string of the molecule is CC(=O)OCC1=C(C)CC([C@@H](C)C2CCC3C4C[C@H]5OC56[C@@H](O)[C@@H](OS(C)(=O)(O)O)CC(=O)[C@]6(C)C4CC[C@@]32C)OC1=O. The predicted molar refractivity (Wildman–Crippen MR) is 154 cm³/mol. The van der Waals surface area contributed by atoms with E-state index >= 15 is 0 Å². The average Bonchev–Trinajstić information content (AvgIpc) is 3.51. The van der Waals surface area contributed by atoms with Crippen molar-refractivity contribution in [3.05, 3.63) is 11.1 Å². The molecule has 4 saturated carbocycles. The maximum absolute atomic E-state index is 13.9. The van der Waals surface area contributed by atoms with Crippen molar-refractivity contribution in [1.29, 1.82) is 0 Å². The molecule has 2 heterocycles. The second-order valence-electron chi connectivity index (χ2n) is 14.8. The highest BCUT2D eigenvalue weighted by Gasteiger charge is 2.82. The van der Waals surface area contributed by atoms with E-state index in [1.807, 2.05) is 13.8 Å².